The Hall–Kier alpha value is -1.58. The van der Waals surface area contributed by atoms with Gasteiger partial charge in [0.05, 0.1) is 13.2 Å². The van der Waals surface area contributed by atoms with Gasteiger partial charge in [-0.25, -0.2) is 0 Å². The number of ether oxygens (including phenoxy) is 2. The number of hydrogen-bond acceptors (Lipinski definition) is 2. The van der Waals surface area contributed by atoms with Gasteiger partial charge in [0.1, 0.15) is 0 Å². The van der Waals surface area contributed by atoms with E-state index in [9.17, 15) is 8.78 Å². The molecule has 0 radical (unpaired) electrons. The van der Waals surface area contributed by atoms with Crippen LogP contribution in [-0.4, -0.2) is 13.2 Å². The molecule has 0 aromatic heterocycles. The molecule has 0 aliphatic heterocycles. The van der Waals surface area contributed by atoms with Gasteiger partial charge in [-0.05, 0) is 56.6 Å². The number of rotatable bonds is 6. The first-order valence-electron chi connectivity index (χ1n) is 7.51. The Balaban J connectivity index is 1.92. The maximum absolute atomic E-state index is 13.9. The number of hydrogen-bond donors (Lipinski definition) is 0. The highest BCUT2D eigenvalue weighted by Crippen LogP contribution is 2.31. The monoisotopic (exact) mass is 296 g/mol. The fourth-order valence-electron chi connectivity index (χ4n) is 2.69. The zero-order valence-electron chi connectivity index (χ0n) is 12.4. The summed E-state index contributed by atoms with van der Waals surface area (Å²) in [6.45, 7) is 6.26. The van der Waals surface area contributed by atoms with Crippen LogP contribution in [0.2, 0.25) is 0 Å². The molecule has 0 amide bonds. The van der Waals surface area contributed by atoms with Gasteiger partial charge in [-0.15, -0.1) is 6.58 Å². The van der Waals surface area contributed by atoms with Gasteiger partial charge in [-0.3, -0.25) is 0 Å². The van der Waals surface area contributed by atoms with E-state index in [1.165, 1.54) is 12.1 Å². The molecular formula is C17H22F2O2. The van der Waals surface area contributed by atoms with Crippen LogP contribution in [0.3, 0.4) is 0 Å². The summed E-state index contributed by atoms with van der Waals surface area (Å²) in [4.78, 5) is 0. The zero-order valence-corrected chi connectivity index (χ0v) is 12.4. The molecule has 0 saturated heterocycles. The molecule has 0 N–H and O–H groups in total. The molecule has 0 atom stereocenters. The van der Waals surface area contributed by atoms with Crippen LogP contribution in [0, 0.1) is 23.5 Å². The van der Waals surface area contributed by atoms with Crippen LogP contribution in [0.25, 0.3) is 0 Å². The van der Waals surface area contributed by atoms with Gasteiger partial charge >= 0.3 is 0 Å². The second-order valence-corrected chi connectivity index (χ2v) is 5.45. The van der Waals surface area contributed by atoms with Crippen molar-refractivity contribution in [2.24, 2.45) is 11.8 Å². The molecule has 1 aliphatic rings. The van der Waals surface area contributed by atoms with E-state index in [0.717, 1.165) is 25.7 Å². The van der Waals surface area contributed by atoms with E-state index in [1.807, 2.05) is 6.08 Å². The lowest BCUT2D eigenvalue weighted by atomic mass is 9.82. The fraction of sp³-hybridized carbons (Fsp3) is 0.529. The van der Waals surface area contributed by atoms with Crippen LogP contribution in [0.5, 0.6) is 11.5 Å². The molecule has 0 spiro atoms. The van der Waals surface area contributed by atoms with Gasteiger partial charge in [0.15, 0.2) is 11.5 Å². The van der Waals surface area contributed by atoms with E-state index in [2.05, 4.69) is 6.58 Å². The predicted molar refractivity (Wildman–Crippen MR) is 78.7 cm³/mol. The summed E-state index contributed by atoms with van der Waals surface area (Å²) in [5.41, 5.74) is 0. The van der Waals surface area contributed by atoms with E-state index < -0.39 is 11.6 Å². The molecule has 1 aromatic carbocycles. The normalized spacial score (nSPS) is 21.9. The first-order valence-corrected chi connectivity index (χ1v) is 7.51. The van der Waals surface area contributed by atoms with Crippen molar-refractivity contribution in [2.75, 3.05) is 13.2 Å². The number of allylic oxidation sites excluding steroid dienone is 1. The summed E-state index contributed by atoms with van der Waals surface area (Å²) in [6.07, 6.45) is 6.27. The Morgan fingerprint density at radius 1 is 1.10 bits per heavy atom. The maximum atomic E-state index is 13.9. The Labute approximate surface area is 124 Å². The van der Waals surface area contributed by atoms with Gasteiger partial charge in [0, 0.05) is 0 Å². The quantitative estimate of drug-likeness (QED) is 0.706. The summed E-state index contributed by atoms with van der Waals surface area (Å²) in [6, 6.07) is 2.84. The summed E-state index contributed by atoms with van der Waals surface area (Å²) in [5, 5.41) is 0. The second kappa shape index (κ2) is 7.43. The minimum absolute atomic E-state index is 0.0400. The molecule has 2 nitrogen and oxygen atoms in total. The topological polar surface area (TPSA) is 18.5 Å². The van der Waals surface area contributed by atoms with Crippen molar-refractivity contribution in [3.8, 4) is 11.5 Å². The van der Waals surface area contributed by atoms with Crippen LogP contribution in [0.1, 0.15) is 32.6 Å². The van der Waals surface area contributed by atoms with Gasteiger partial charge < -0.3 is 9.47 Å². The van der Waals surface area contributed by atoms with Gasteiger partial charge in [-0.1, -0.05) is 6.08 Å². The van der Waals surface area contributed by atoms with Gasteiger partial charge in [0.2, 0.25) is 11.6 Å². The van der Waals surface area contributed by atoms with Gasteiger partial charge in [0.25, 0.3) is 0 Å². The third kappa shape index (κ3) is 3.96. The number of halogens is 2. The molecule has 116 valence electrons. The molecule has 1 saturated carbocycles. The average molecular weight is 296 g/mol. The first-order chi connectivity index (χ1) is 10.2. The first kappa shape index (κ1) is 15.8. The smallest absolute Gasteiger partial charge is 0.204 e. The van der Waals surface area contributed by atoms with Crippen molar-refractivity contribution in [1.82, 2.24) is 0 Å². The van der Waals surface area contributed by atoms with Crippen LogP contribution in [0.4, 0.5) is 8.78 Å². The van der Waals surface area contributed by atoms with Crippen molar-refractivity contribution >= 4 is 0 Å². The Morgan fingerprint density at radius 2 is 1.67 bits per heavy atom. The molecule has 0 unspecified atom stereocenters. The molecule has 0 bridgehead atoms. The highest BCUT2D eigenvalue weighted by atomic mass is 19.2. The Kier molecular flexibility index (Phi) is 5.59. The van der Waals surface area contributed by atoms with E-state index in [-0.39, 0.29) is 11.5 Å². The van der Waals surface area contributed by atoms with Crippen molar-refractivity contribution in [3.05, 3.63) is 36.4 Å². The molecule has 1 aromatic rings. The predicted octanol–water partition coefficient (Wildman–Crippen LogP) is 4.73. The van der Waals surface area contributed by atoms with E-state index in [1.54, 1.807) is 6.92 Å². The summed E-state index contributed by atoms with van der Waals surface area (Å²) in [5.74, 6) is -1.09. The molecule has 0 heterocycles. The summed E-state index contributed by atoms with van der Waals surface area (Å²) < 4.78 is 38.1. The summed E-state index contributed by atoms with van der Waals surface area (Å²) >= 11 is 0. The molecule has 2 rings (SSSR count). The van der Waals surface area contributed by atoms with Crippen molar-refractivity contribution in [2.45, 2.75) is 32.6 Å². The Bertz CT molecular complexity index is 480. The van der Waals surface area contributed by atoms with Crippen LogP contribution in [0.15, 0.2) is 24.8 Å². The lowest BCUT2D eigenvalue weighted by Gasteiger charge is -2.26. The van der Waals surface area contributed by atoms with Crippen molar-refractivity contribution in [3.63, 3.8) is 0 Å². The van der Waals surface area contributed by atoms with Crippen LogP contribution < -0.4 is 9.47 Å². The SMILES string of the molecule is C=CC1CCC(COc2ccc(OCC)c(F)c2F)CC1. The molecule has 21 heavy (non-hydrogen) atoms. The largest absolute Gasteiger partial charge is 0.491 e. The average Bonchev–Trinajstić information content (AvgIpc) is 2.52. The van der Waals surface area contributed by atoms with E-state index in [4.69, 9.17) is 9.47 Å². The van der Waals surface area contributed by atoms with E-state index >= 15 is 0 Å². The highest BCUT2D eigenvalue weighted by Gasteiger charge is 2.21. The zero-order chi connectivity index (χ0) is 15.2. The van der Waals surface area contributed by atoms with Gasteiger partial charge in [-0.2, -0.15) is 8.78 Å². The maximum Gasteiger partial charge on any atom is 0.204 e. The van der Waals surface area contributed by atoms with Crippen molar-refractivity contribution < 1.29 is 18.3 Å². The molecule has 1 fully saturated rings. The minimum Gasteiger partial charge on any atom is -0.491 e. The second-order valence-electron chi connectivity index (χ2n) is 5.45. The molecule has 4 heteroatoms. The Morgan fingerprint density at radius 3 is 2.19 bits per heavy atom. The molecule has 1 aliphatic carbocycles. The van der Waals surface area contributed by atoms with Crippen LogP contribution in [-0.2, 0) is 0 Å². The lowest BCUT2D eigenvalue weighted by Crippen LogP contribution is -2.19. The van der Waals surface area contributed by atoms with Crippen molar-refractivity contribution in [1.29, 1.82) is 0 Å². The van der Waals surface area contributed by atoms with Crippen LogP contribution >= 0.6 is 0 Å². The minimum atomic E-state index is -0.982. The number of benzene rings is 1. The third-order valence-electron chi connectivity index (χ3n) is 4.01. The van der Waals surface area contributed by atoms with E-state index in [0.29, 0.717) is 25.0 Å². The summed E-state index contributed by atoms with van der Waals surface area (Å²) in [7, 11) is 0. The lowest BCUT2D eigenvalue weighted by molar-refractivity contribution is 0.187. The standard InChI is InChI=1S/C17H22F2O2/c1-3-12-5-7-13(8-6-12)11-21-15-10-9-14(20-4-2)16(18)17(15)19/h3,9-10,12-13H,1,4-8,11H2,2H3. The third-order valence-corrected chi connectivity index (χ3v) is 4.01. The highest BCUT2D eigenvalue weighted by molar-refractivity contribution is 5.35. The molecular weight excluding hydrogens is 274 g/mol. The fourth-order valence-corrected chi connectivity index (χ4v) is 2.69.